The highest BCUT2D eigenvalue weighted by molar-refractivity contribution is 5.86. The van der Waals surface area contributed by atoms with Crippen LogP contribution in [0.5, 0.6) is 5.75 Å². The molecule has 7 heteroatoms. The van der Waals surface area contributed by atoms with Crippen molar-refractivity contribution < 1.29 is 14.3 Å². The molecule has 144 valence electrons. The summed E-state index contributed by atoms with van der Waals surface area (Å²) in [5, 5.41) is 11.4. The van der Waals surface area contributed by atoms with Gasteiger partial charge < -0.3 is 14.8 Å². The number of carbonyl (C=O) groups is 1. The van der Waals surface area contributed by atoms with Crippen LogP contribution in [0.3, 0.4) is 0 Å². The number of hydrogen-bond donors (Lipinski definition) is 1. The Morgan fingerprint density at radius 3 is 2.59 bits per heavy atom. The maximum Gasteiger partial charge on any atom is 0.358 e. The fraction of sp³-hybridized carbons (Fsp3) is 0.450. The van der Waals surface area contributed by atoms with E-state index in [1.165, 1.54) is 19.1 Å². The largest absolute Gasteiger partial charge is 0.497 e. The summed E-state index contributed by atoms with van der Waals surface area (Å²) in [4.78, 5) is 13.9. The topological polar surface area (TPSA) is 76.6 Å². The Labute approximate surface area is 159 Å². The fourth-order valence-corrected chi connectivity index (χ4v) is 3.68. The van der Waals surface area contributed by atoms with Crippen molar-refractivity contribution in [2.75, 3.05) is 39.7 Å². The number of piperidine rings is 1. The van der Waals surface area contributed by atoms with Crippen molar-refractivity contribution in [3.63, 3.8) is 0 Å². The first-order valence-electron chi connectivity index (χ1n) is 9.12. The van der Waals surface area contributed by atoms with E-state index in [-0.39, 0.29) is 5.69 Å². The van der Waals surface area contributed by atoms with Crippen molar-refractivity contribution >= 4 is 11.8 Å². The van der Waals surface area contributed by atoms with Crippen LogP contribution in [0.2, 0.25) is 0 Å². The summed E-state index contributed by atoms with van der Waals surface area (Å²) in [7, 11) is 5.18. The van der Waals surface area contributed by atoms with Crippen LogP contribution in [0.1, 0.15) is 34.9 Å². The second kappa shape index (κ2) is 8.81. The molecule has 0 amide bonds. The van der Waals surface area contributed by atoms with E-state index in [0.29, 0.717) is 17.8 Å². The number of methoxy groups -OCH3 is 2. The minimum atomic E-state index is -0.484. The molecule has 2 aromatic rings. The summed E-state index contributed by atoms with van der Waals surface area (Å²) in [5.41, 5.74) is 1.49. The van der Waals surface area contributed by atoms with E-state index in [2.05, 4.69) is 44.3 Å². The number of nitrogens with one attached hydrogen (secondary N) is 1. The first kappa shape index (κ1) is 19.1. The van der Waals surface area contributed by atoms with E-state index >= 15 is 0 Å². The quantitative estimate of drug-likeness (QED) is 0.784. The van der Waals surface area contributed by atoms with Crippen molar-refractivity contribution in [3.8, 4) is 5.75 Å². The fourth-order valence-electron chi connectivity index (χ4n) is 3.68. The molecule has 1 aliphatic rings. The minimum Gasteiger partial charge on any atom is -0.497 e. The van der Waals surface area contributed by atoms with E-state index in [9.17, 15) is 4.79 Å². The lowest BCUT2D eigenvalue weighted by atomic mass is 9.85. The van der Waals surface area contributed by atoms with Gasteiger partial charge in [-0.05, 0) is 62.2 Å². The van der Waals surface area contributed by atoms with Crippen molar-refractivity contribution in [1.82, 2.24) is 15.1 Å². The Bertz CT molecular complexity index is 749. The van der Waals surface area contributed by atoms with Crippen LogP contribution in [0, 0.1) is 5.92 Å². The molecule has 7 nitrogen and oxygen atoms in total. The number of esters is 1. The third-order valence-electron chi connectivity index (χ3n) is 5.07. The first-order chi connectivity index (χ1) is 13.1. The highest BCUT2D eigenvalue weighted by Gasteiger charge is 2.30. The molecule has 1 N–H and O–H groups in total. The average Bonchev–Trinajstić information content (AvgIpc) is 2.72. The van der Waals surface area contributed by atoms with Gasteiger partial charge in [-0.3, -0.25) is 4.90 Å². The zero-order chi connectivity index (χ0) is 19.2. The third kappa shape index (κ3) is 4.54. The lowest BCUT2D eigenvalue weighted by molar-refractivity contribution is 0.0592. The van der Waals surface area contributed by atoms with E-state index in [0.717, 1.165) is 25.3 Å². The zero-order valence-corrected chi connectivity index (χ0v) is 16.0. The molecule has 1 saturated heterocycles. The van der Waals surface area contributed by atoms with Gasteiger partial charge in [-0.1, -0.05) is 12.1 Å². The normalized spacial score (nSPS) is 20.1. The van der Waals surface area contributed by atoms with Crippen LogP contribution < -0.4 is 10.1 Å². The second-order valence-electron chi connectivity index (χ2n) is 6.78. The maximum absolute atomic E-state index is 11.5. The summed E-state index contributed by atoms with van der Waals surface area (Å²) in [6.07, 6.45) is 2.31. The summed E-state index contributed by atoms with van der Waals surface area (Å²) in [6.45, 7) is 1.87. The number of hydrogen-bond acceptors (Lipinski definition) is 7. The standard InChI is InChI=1S/C20H26N4O3/c1-24-12-4-5-15(19(24)14-6-8-16(26-2)9-7-14)13-21-18-11-10-17(22-23-18)20(25)27-3/h6-11,15,19H,4-5,12-13H2,1-3H3,(H,21,23). The van der Waals surface area contributed by atoms with Gasteiger partial charge in [0.25, 0.3) is 0 Å². The Morgan fingerprint density at radius 2 is 1.96 bits per heavy atom. The van der Waals surface area contributed by atoms with Gasteiger partial charge in [-0.25, -0.2) is 4.79 Å². The van der Waals surface area contributed by atoms with Crippen molar-refractivity contribution in [1.29, 1.82) is 0 Å². The van der Waals surface area contributed by atoms with Crippen LogP contribution in [0.15, 0.2) is 36.4 Å². The minimum absolute atomic E-state index is 0.205. The molecule has 1 fully saturated rings. The summed E-state index contributed by atoms with van der Waals surface area (Å²) < 4.78 is 9.92. The zero-order valence-electron chi connectivity index (χ0n) is 16.0. The number of ether oxygens (including phenoxy) is 2. The number of rotatable bonds is 6. The van der Waals surface area contributed by atoms with E-state index in [1.54, 1.807) is 19.2 Å². The Morgan fingerprint density at radius 1 is 1.19 bits per heavy atom. The van der Waals surface area contributed by atoms with E-state index in [1.807, 2.05) is 12.1 Å². The van der Waals surface area contributed by atoms with Crippen LogP contribution in [0.25, 0.3) is 0 Å². The molecule has 1 aliphatic heterocycles. The highest BCUT2D eigenvalue weighted by atomic mass is 16.5. The van der Waals surface area contributed by atoms with Crippen molar-refractivity contribution in [3.05, 3.63) is 47.7 Å². The molecule has 0 aliphatic carbocycles. The molecular formula is C20H26N4O3. The molecule has 0 bridgehead atoms. The lowest BCUT2D eigenvalue weighted by Gasteiger charge is -2.39. The monoisotopic (exact) mass is 370 g/mol. The van der Waals surface area contributed by atoms with Crippen LogP contribution in [0.4, 0.5) is 5.82 Å². The number of benzene rings is 1. The highest BCUT2D eigenvalue weighted by Crippen LogP contribution is 2.35. The maximum atomic E-state index is 11.5. The molecule has 2 heterocycles. The number of nitrogens with zero attached hydrogens (tertiary/aromatic N) is 3. The summed E-state index contributed by atoms with van der Waals surface area (Å²) in [6, 6.07) is 12.0. The smallest absolute Gasteiger partial charge is 0.358 e. The van der Waals surface area contributed by atoms with E-state index < -0.39 is 5.97 Å². The molecule has 1 aromatic heterocycles. The van der Waals surface area contributed by atoms with Gasteiger partial charge in [0.05, 0.1) is 14.2 Å². The number of anilines is 1. The Balaban J connectivity index is 1.68. The lowest BCUT2D eigenvalue weighted by Crippen LogP contribution is -2.39. The molecule has 2 atom stereocenters. The van der Waals surface area contributed by atoms with Crippen molar-refractivity contribution in [2.24, 2.45) is 5.92 Å². The number of likely N-dealkylation sites (tertiary alicyclic amines) is 1. The predicted molar refractivity (Wildman–Crippen MR) is 103 cm³/mol. The molecule has 3 rings (SSSR count). The number of carbonyl (C=O) groups excluding carboxylic acids is 1. The van der Waals surface area contributed by atoms with Crippen molar-refractivity contribution in [2.45, 2.75) is 18.9 Å². The number of aromatic nitrogens is 2. The van der Waals surface area contributed by atoms with Crippen LogP contribution >= 0.6 is 0 Å². The Kier molecular flexibility index (Phi) is 6.24. The SMILES string of the molecule is COC(=O)c1ccc(NCC2CCCN(C)C2c2ccc(OC)cc2)nn1. The predicted octanol–water partition coefficient (Wildman–Crippen LogP) is 2.77. The molecular weight excluding hydrogens is 344 g/mol. The van der Waals surface area contributed by atoms with Gasteiger partial charge in [0.2, 0.25) is 0 Å². The molecule has 0 radical (unpaired) electrons. The average molecular weight is 370 g/mol. The van der Waals surface area contributed by atoms with Gasteiger partial charge in [0.1, 0.15) is 11.6 Å². The van der Waals surface area contributed by atoms with Gasteiger partial charge in [0, 0.05) is 12.6 Å². The summed E-state index contributed by atoms with van der Waals surface area (Å²) >= 11 is 0. The van der Waals surface area contributed by atoms with Gasteiger partial charge >= 0.3 is 5.97 Å². The van der Waals surface area contributed by atoms with Gasteiger partial charge in [0.15, 0.2) is 5.69 Å². The molecule has 0 spiro atoms. The molecule has 0 saturated carbocycles. The van der Waals surface area contributed by atoms with Gasteiger partial charge in [-0.15, -0.1) is 10.2 Å². The molecule has 2 unspecified atom stereocenters. The second-order valence-corrected chi connectivity index (χ2v) is 6.78. The summed E-state index contributed by atoms with van der Waals surface area (Å²) in [5.74, 6) is 1.49. The van der Waals surface area contributed by atoms with Crippen LogP contribution in [-0.4, -0.2) is 55.4 Å². The third-order valence-corrected chi connectivity index (χ3v) is 5.07. The molecule has 27 heavy (non-hydrogen) atoms. The van der Waals surface area contributed by atoms with Crippen LogP contribution in [-0.2, 0) is 4.74 Å². The Hall–Kier alpha value is -2.67. The van der Waals surface area contributed by atoms with Gasteiger partial charge in [-0.2, -0.15) is 0 Å². The molecule has 1 aromatic carbocycles. The first-order valence-corrected chi connectivity index (χ1v) is 9.12. The van der Waals surface area contributed by atoms with E-state index in [4.69, 9.17) is 4.74 Å².